The fraction of sp³-hybridized carbons (Fsp3) is 0.533. The maximum atomic E-state index is 14.7. The van der Waals surface area contributed by atoms with Crippen molar-refractivity contribution >= 4 is 17.5 Å². The van der Waals surface area contributed by atoms with Crippen molar-refractivity contribution in [3.8, 4) is 0 Å². The zero-order chi connectivity index (χ0) is 14.9. The van der Waals surface area contributed by atoms with Gasteiger partial charge in [0, 0.05) is 11.6 Å². The third-order valence-electron chi connectivity index (χ3n) is 4.16. The highest BCUT2D eigenvalue weighted by Gasteiger charge is 2.42. The van der Waals surface area contributed by atoms with E-state index in [0.29, 0.717) is 18.4 Å². The van der Waals surface area contributed by atoms with Gasteiger partial charge in [0.15, 0.2) is 0 Å². The van der Waals surface area contributed by atoms with Crippen molar-refractivity contribution in [2.45, 2.75) is 51.2 Å². The minimum atomic E-state index is -1.44. The normalized spacial score (nSPS) is 18.2. The lowest BCUT2D eigenvalue weighted by atomic mass is 9.75. The molecule has 5 heteroatoms. The quantitative estimate of drug-likeness (QED) is 0.522. The van der Waals surface area contributed by atoms with Crippen LogP contribution in [0.25, 0.3) is 0 Å². The number of rotatable bonds is 4. The number of hydrogen-bond acceptors (Lipinski definition) is 2. The number of nitrogens with zero attached hydrogens (tertiary/aromatic N) is 1. The topological polar surface area (TPSA) is 46.3 Å². The Hall–Kier alpha value is -1.13. The van der Waals surface area contributed by atoms with E-state index < -0.39 is 11.6 Å². The number of hydrazine groups is 1. The summed E-state index contributed by atoms with van der Waals surface area (Å²) in [6, 6.07) is 4.80. The van der Waals surface area contributed by atoms with Crippen molar-refractivity contribution in [1.29, 1.82) is 0 Å². The van der Waals surface area contributed by atoms with E-state index in [4.69, 9.17) is 17.4 Å². The van der Waals surface area contributed by atoms with Gasteiger partial charge in [0.05, 0.1) is 10.6 Å². The van der Waals surface area contributed by atoms with Gasteiger partial charge >= 0.3 is 0 Å². The van der Waals surface area contributed by atoms with Crippen LogP contribution in [0.2, 0.25) is 5.02 Å². The van der Waals surface area contributed by atoms with Gasteiger partial charge < -0.3 is 0 Å². The highest BCUT2D eigenvalue weighted by molar-refractivity contribution is 6.34. The fourth-order valence-electron chi connectivity index (χ4n) is 2.40. The number of benzene rings is 1. The van der Waals surface area contributed by atoms with E-state index in [1.807, 2.05) is 13.8 Å². The summed E-state index contributed by atoms with van der Waals surface area (Å²) in [5.74, 6) is 5.43. The molecule has 0 bridgehead atoms. The molecule has 1 aromatic rings. The predicted molar refractivity (Wildman–Crippen MR) is 78.2 cm³/mol. The van der Waals surface area contributed by atoms with Gasteiger partial charge in [-0.25, -0.2) is 10.2 Å². The van der Waals surface area contributed by atoms with Crippen molar-refractivity contribution in [3.05, 3.63) is 34.3 Å². The van der Waals surface area contributed by atoms with E-state index in [2.05, 4.69) is 0 Å². The van der Waals surface area contributed by atoms with Crippen LogP contribution in [-0.2, 0) is 5.67 Å². The molecule has 0 aromatic heterocycles. The van der Waals surface area contributed by atoms with Crippen LogP contribution in [0.4, 0.5) is 4.39 Å². The average molecular weight is 299 g/mol. The Morgan fingerprint density at radius 3 is 2.70 bits per heavy atom. The zero-order valence-electron chi connectivity index (χ0n) is 11.8. The van der Waals surface area contributed by atoms with Crippen LogP contribution >= 0.6 is 11.6 Å². The Bertz CT molecular complexity index is 517. The lowest BCUT2D eigenvalue weighted by Gasteiger charge is -2.36. The summed E-state index contributed by atoms with van der Waals surface area (Å²) in [5.41, 5.74) is -0.856. The Morgan fingerprint density at radius 1 is 1.55 bits per heavy atom. The summed E-state index contributed by atoms with van der Waals surface area (Å²) in [6.45, 7) is 3.79. The number of alkyl halides is 1. The lowest BCUT2D eigenvalue weighted by Crippen LogP contribution is -2.45. The summed E-state index contributed by atoms with van der Waals surface area (Å²) in [5, 5.41) is 1.40. The Kier molecular flexibility index (Phi) is 4.35. The first-order valence-corrected chi connectivity index (χ1v) is 7.34. The molecule has 110 valence electrons. The number of nitrogens with two attached hydrogens (primary N) is 1. The second-order valence-corrected chi connectivity index (χ2v) is 5.86. The van der Waals surface area contributed by atoms with Gasteiger partial charge in [-0.15, -0.1) is 0 Å². The molecule has 1 unspecified atom stereocenters. The van der Waals surface area contributed by atoms with E-state index in [1.54, 1.807) is 18.2 Å². The van der Waals surface area contributed by atoms with Gasteiger partial charge in [0.1, 0.15) is 5.67 Å². The molecular weight excluding hydrogens is 279 g/mol. The maximum Gasteiger partial charge on any atom is 0.269 e. The molecule has 1 saturated carbocycles. The highest BCUT2D eigenvalue weighted by Crippen LogP contribution is 2.47. The number of amides is 1. The van der Waals surface area contributed by atoms with Crippen LogP contribution in [0.5, 0.6) is 0 Å². The van der Waals surface area contributed by atoms with Gasteiger partial charge in [0.25, 0.3) is 5.91 Å². The van der Waals surface area contributed by atoms with E-state index in [0.717, 1.165) is 17.9 Å². The summed E-state index contributed by atoms with van der Waals surface area (Å²) < 4.78 is 14.7. The molecule has 20 heavy (non-hydrogen) atoms. The van der Waals surface area contributed by atoms with Gasteiger partial charge in [0.2, 0.25) is 0 Å². The minimum absolute atomic E-state index is 0.122. The molecule has 1 aliphatic rings. The van der Waals surface area contributed by atoms with Crippen molar-refractivity contribution in [2.75, 3.05) is 0 Å². The van der Waals surface area contributed by atoms with Crippen LogP contribution in [0.1, 0.15) is 55.5 Å². The molecule has 1 aliphatic carbocycles. The first kappa shape index (κ1) is 15.3. The third-order valence-corrected chi connectivity index (χ3v) is 4.47. The molecule has 1 aromatic carbocycles. The molecule has 0 spiro atoms. The van der Waals surface area contributed by atoms with Gasteiger partial charge in [-0.05, 0) is 38.7 Å². The smallest absolute Gasteiger partial charge is 0.269 e. The first-order chi connectivity index (χ1) is 9.40. The second-order valence-electron chi connectivity index (χ2n) is 5.45. The van der Waals surface area contributed by atoms with Crippen molar-refractivity contribution in [2.24, 2.45) is 5.84 Å². The molecule has 2 rings (SSSR count). The molecule has 0 heterocycles. The van der Waals surface area contributed by atoms with Gasteiger partial charge in [-0.1, -0.05) is 30.7 Å². The number of hydrogen-bond donors (Lipinski definition) is 1. The summed E-state index contributed by atoms with van der Waals surface area (Å²) in [4.78, 5) is 12.5. The molecule has 1 amide bonds. The molecule has 2 N–H and O–H groups in total. The van der Waals surface area contributed by atoms with Crippen LogP contribution in [0, 0.1) is 0 Å². The van der Waals surface area contributed by atoms with Gasteiger partial charge in [-0.2, -0.15) is 0 Å². The predicted octanol–water partition coefficient (Wildman–Crippen LogP) is 3.80. The highest BCUT2D eigenvalue weighted by atomic mass is 35.5. The minimum Gasteiger partial charge on any atom is -0.274 e. The largest absolute Gasteiger partial charge is 0.274 e. The summed E-state index contributed by atoms with van der Waals surface area (Å²) in [6.07, 6.45) is 2.42. The zero-order valence-corrected chi connectivity index (χ0v) is 12.6. The SMILES string of the molecule is CCC(C)N(N)C(=O)c1c(Cl)cccc1C1(F)CCC1. The van der Waals surface area contributed by atoms with Crippen molar-refractivity contribution < 1.29 is 9.18 Å². The summed E-state index contributed by atoms with van der Waals surface area (Å²) in [7, 11) is 0. The lowest BCUT2D eigenvalue weighted by molar-refractivity contribution is 0.0542. The molecule has 0 radical (unpaired) electrons. The second kappa shape index (κ2) is 5.70. The van der Waals surface area contributed by atoms with E-state index in [-0.39, 0.29) is 16.6 Å². The fourth-order valence-corrected chi connectivity index (χ4v) is 2.65. The standard InChI is InChI=1S/C15H20ClFN2O/c1-3-10(2)19(18)14(20)13-11(6-4-7-12(13)16)15(17)8-5-9-15/h4,6-7,10H,3,5,8-9,18H2,1-2H3. The number of halogens is 2. The molecule has 3 nitrogen and oxygen atoms in total. The Morgan fingerprint density at radius 2 is 2.20 bits per heavy atom. The maximum absolute atomic E-state index is 14.7. The Labute approximate surface area is 123 Å². The van der Waals surface area contributed by atoms with E-state index in [1.165, 1.54) is 0 Å². The molecule has 1 atom stereocenters. The molecular formula is C15H20ClFN2O. The van der Waals surface area contributed by atoms with Gasteiger partial charge in [-0.3, -0.25) is 9.80 Å². The third kappa shape index (κ3) is 2.54. The molecule has 0 aliphatic heterocycles. The number of carbonyl (C=O) groups excluding carboxylic acids is 1. The van der Waals surface area contributed by atoms with Crippen LogP contribution in [0.3, 0.4) is 0 Å². The average Bonchev–Trinajstić information content (AvgIpc) is 2.42. The molecule has 0 saturated heterocycles. The Balaban J connectivity index is 2.42. The first-order valence-electron chi connectivity index (χ1n) is 6.97. The van der Waals surface area contributed by atoms with Crippen molar-refractivity contribution in [3.63, 3.8) is 0 Å². The van der Waals surface area contributed by atoms with Crippen LogP contribution in [0.15, 0.2) is 18.2 Å². The van der Waals surface area contributed by atoms with E-state index >= 15 is 0 Å². The molecule has 1 fully saturated rings. The van der Waals surface area contributed by atoms with Crippen LogP contribution < -0.4 is 5.84 Å². The number of carbonyl (C=O) groups is 1. The van der Waals surface area contributed by atoms with Crippen LogP contribution in [-0.4, -0.2) is 17.0 Å². The van der Waals surface area contributed by atoms with E-state index in [9.17, 15) is 9.18 Å². The summed E-state index contributed by atoms with van der Waals surface area (Å²) >= 11 is 6.13. The monoisotopic (exact) mass is 298 g/mol. The van der Waals surface area contributed by atoms with Crippen molar-refractivity contribution in [1.82, 2.24) is 5.01 Å².